The molecular weight excluding hydrogens is 295 g/mol. The Morgan fingerprint density at radius 1 is 1.17 bits per heavy atom. The average molecular weight is 305 g/mol. The molecule has 0 fully saturated rings. The normalized spacial score (nSPS) is 9.89. The van der Waals surface area contributed by atoms with Gasteiger partial charge in [0.05, 0.1) is 11.6 Å². The zero-order valence-corrected chi connectivity index (χ0v) is 11.3. The van der Waals surface area contributed by atoms with E-state index in [-0.39, 0.29) is 5.82 Å². The number of hydrogen-bond donors (Lipinski definition) is 1. The Balaban J connectivity index is 2.31. The summed E-state index contributed by atoms with van der Waals surface area (Å²) >= 11 is 3.34. The summed E-state index contributed by atoms with van der Waals surface area (Å²) in [6.07, 6.45) is 0. The number of hydrogen-bond acceptors (Lipinski definition) is 2. The summed E-state index contributed by atoms with van der Waals surface area (Å²) in [6, 6.07) is 12.2. The molecule has 0 heterocycles. The highest BCUT2D eigenvalue weighted by Gasteiger charge is 2.02. The van der Waals surface area contributed by atoms with Gasteiger partial charge in [-0.25, -0.2) is 4.39 Å². The minimum atomic E-state index is -0.229. The summed E-state index contributed by atoms with van der Waals surface area (Å²) in [5.74, 6) is -0.229. The Bertz CT molecular complexity index is 632. The molecule has 2 aromatic rings. The fourth-order valence-corrected chi connectivity index (χ4v) is 2.11. The van der Waals surface area contributed by atoms with E-state index in [1.54, 1.807) is 31.2 Å². The van der Waals surface area contributed by atoms with E-state index in [0.717, 1.165) is 15.8 Å². The van der Waals surface area contributed by atoms with Crippen molar-refractivity contribution >= 4 is 27.3 Å². The van der Waals surface area contributed by atoms with Crippen LogP contribution in [0.1, 0.15) is 11.1 Å². The van der Waals surface area contributed by atoms with Gasteiger partial charge in [-0.1, -0.05) is 15.9 Å². The molecule has 0 aliphatic heterocycles. The van der Waals surface area contributed by atoms with Crippen LogP contribution < -0.4 is 5.32 Å². The van der Waals surface area contributed by atoms with Crippen LogP contribution in [0, 0.1) is 24.1 Å². The second kappa shape index (κ2) is 5.19. The Labute approximate surface area is 113 Å². The van der Waals surface area contributed by atoms with Gasteiger partial charge in [-0.2, -0.15) is 5.26 Å². The fraction of sp³-hybridized carbons (Fsp3) is 0.0714. The molecule has 2 aromatic carbocycles. The maximum absolute atomic E-state index is 13.1. The molecule has 0 aromatic heterocycles. The van der Waals surface area contributed by atoms with Crippen LogP contribution in [0.5, 0.6) is 0 Å². The summed E-state index contributed by atoms with van der Waals surface area (Å²) in [7, 11) is 0. The monoisotopic (exact) mass is 304 g/mol. The van der Waals surface area contributed by atoms with Crippen molar-refractivity contribution in [2.45, 2.75) is 6.92 Å². The zero-order chi connectivity index (χ0) is 13.1. The van der Waals surface area contributed by atoms with Crippen LogP contribution in [0.15, 0.2) is 40.9 Å². The first kappa shape index (κ1) is 12.6. The number of nitrogens with one attached hydrogen (secondary N) is 1. The van der Waals surface area contributed by atoms with Gasteiger partial charge in [0.15, 0.2) is 0 Å². The predicted octanol–water partition coefficient (Wildman–Crippen LogP) is 4.51. The summed E-state index contributed by atoms with van der Waals surface area (Å²) in [6.45, 7) is 1.71. The molecule has 90 valence electrons. The molecule has 0 saturated carbocycles. The van der Waals surface area contributed by atoms with Crippen LogP contribution in [-0.4, -0.2) is 0 Å². The smallest absolute Gasteiger partial charge is 0.126 e. The maximum Gasteiger partial charge on any atom is 0.126 e. The topological polar surface area (TPSA) is 35.8 Å². The quantitative estimate of drug-likeness (QED) is 0.886. The summed E-state index contributed by atoms with van der Waals surface area (Å²) < 4.78 is 14.0. The molecular formula is C14H10BrFN2. The molecule has 0 amide bonds. The van der Waals surface area contributed by atoms with Gasteiger partial charge in [0.25, 0.3) is 0 Å². The fourth-order valence-electron chi connectivity index (χ4n) is 1.62. The molecule has 0 atom stereocenters. The molecule has 0 bridgehead atoms. The molecule has 0 aliphatic carbocycles. The van der Waals surface area contributed by atoms with Crippen molar-refractivity contribution in [2.24, 2.45) is 0 Å². The molecule has 1 N–H and O–H groups in total. The second-order valence-electron chi connectivity index (χ2n) is 3.93. The van der Waals surface area contributed by atoms with Crippen LogP contribution in [0.2, 0.25) is 0 Å². The Morgan fingerprint density at radius 3 is 2.61 bits per heavy atom. The number of aryl methyl sites for hydroxylation is 1. The van der Waals surface area contributed by atoms with Crippen molar-refractivity contribution in [3.05, 3.63) is 57.8 Å². The van der Waals surface area contributed by atoms with E-state index in [9.17, 15) is 4.39 Å². The summed E-state index contributed by atoms with van der Waals surface area (Å²) in [4.78, 5) is 0. The van der Waals surface area contributed by atoms with E-state index in [0.29, 0.717) is 11.1 Å². The molecule has 0 aliphatic rings. The zero-order valence-electron chi connectivity index (χ0n) is 9.67. The van der Waals surface area contributed by atoms with E-state index in [4.69, 9.17) is 5.26 Å². The van der Waals surface area contributed by atoms with Gasteiger partial charge in [0.2, 0.25) is 0 Å². The van der Waals surface area contributed by atoms with Crippen LogP contribution in [0.4, 0.5) is 15.8 Å². The van der Waals surface area contributed by atoms with E-state index < -0.39 is 0 Å². The highest BCUT2D eigenvalue weighted by molar-refractivity contribution is 9.10. The molecule has 4 heteroatoms. The Morgan fingerprint density at radius 2 is 1.94 bits per heavy atom. The van der Waals surface area contributed by atoms with Gasteiger partial charge < -0.3 is 5.32 Å². The van der Waals surface area contributed by atoms with E-state index in [2.05, 4.69) is 27.3 Å². The van der Waals surface area contributed by atoms with Crippen molar-refractivity contribution in [2.75, 3.05) is 5.32 Å². The number of rotatable bonds is 2. The minimum Gasteiger partial charge on any atom is -0.355 e. The first-order chi connectivity index (χ1) is 8.58. The SMILES string of the molecule is Cc1cc(Nc2cc(Br)cc(C#N)c2)ccc1F. The Kier molecular flexibility index (Phi) is 3.63. The van der Waals surface area contributed by atoms with Gasteiger partial charge in [0, 0.05) is 15.8 Å². The van der Waals surface area contributed by atoms with Crippen molar-refractivity contribution in [1.29, 1.82) is 5.26 Å². The molecule has 2 nitrogen and oxygen atoms in total. The maximum atomic E-state index is 13.1. The lowest BCUT2D eigenvalue weighted by Gasteiger charge is -2.08. The minimum absolute atomic E-state index is 0.229. The average Bonchev–Trinajstić information content (AvgIpc) is 2.33. The first-order valence-electron chi connectivity index (χ1n) is 5.32. The molecule has 2 rings (SSSR count). The first-order valence-corrected chi connectivity index (χ1v) is 6.11. The van der Waals surface area contributed by atoms with Crippen LogP contribution in [-0.2, 0) is 0 Å². The number of halogens is 2. The van der Waals surface area contributed by atoms with Gasteiger partial charge in [0.1, 0.15) is 5.82 Å². The lowest BCUT2D eigenvalue weighted by atomic mass is 10.2. The molecule has 0 radical (unpaired) electrons. The van der Waals surface area contributed by atoms with Crippen molar-refractivity contribution < 1.29 is 4.39 Å². The molecule has 0 saturated heterocycles. The van der Waals surface area contributed by atoms with Crippen LogP contribution in [0.3, 0.4) is 0 Å². The molecule has 0 spiro atoms. The van der Waals surface area contributed by atoms with Gasteiger partial charge in [-0.3, -0.25) is 0 Å². The summed E-state index contributed by atoms with van der Waals surface area (Å²) in [5, 5.41) is 12.0. The third-order valence-corrected chi connectivity index (χ3v) is 2.93. The van der Waals surface area contributed by atoms with E-state index in [1.165, 1.54) is 6.07 Å². The van der Waals surface area contributed by atoms with E-state index in [1.807, 2.05) is 6.07 Å². The lowest BCUT2D eigenvalue weighted by molar-refractivity contribution is 0.619. The van der Waals surface area contributed by atoms with Crippen LogP contribution >= 0.6 is 15.9 Å². The van der Waals surface area contributed by atoms with Gasteiger partial charge in [-0.05, 0) is 48.9 Å². The largest absolute Gasteiger partial charge is 0.355 e. The van der Waals surface area contributed by atoms with Gasteiger partial charge in [-0.15, -0.1) is 0 Å². The second-order valence-corrected chi connectivity index (χ2v) is 4.85. The van der Waals surface area contributed by atoms with Crippen molar-refractivity contribution in [3.63, 3.8) is 0 Å². The molecule has 0 unspecified atom stereocenters. The van der Waals surface area contributed by atoms with Gasteiger partial charge >= 0.3 is 0 Å². The number of benzene rings is 2. The number of nitrogens with zero attached hydrogens (tertiary/aromatic N) is 1. The summed E-state index contributed by atoms with van der Waals surface area (Å²) in [5.41, 5.74) is 2.71. The highest BCUT2D eigenvalue weighted by atomic mass is 79.9. The number of nitriles is 1. The van der Waals surface area contributed by atoms with Crippen molar-refractivity contribution in [1.82, 2.24) is 0 Å². The lowest BCUT2D eigenvalue weighted by Crippen LogP contribution is -1.93. The third kappa shape index (κ3) is 2.88. The van der Waals surface area contributed by atoms with Crippen LogP contribution in [0.25, 0.3) is 0 Å². The predicted molar refractivity (Wildman–Crippen MR) is 73.3 cm³/mol. The third-order valence-electron chi connectivity index (χ3n) is 2.47. The number of anilines is 2. The Hall–Kier alpha value is -1.86. The standard InChI is InChI=1S/C14H10BrFN2/c1-9-4-12(2-3-14(9)16)18-13-6-10(8-17)5-11(15)7-13/h2-7,18H,1H3. The van der Waals surface area contributed by atoms with E-state index >= 15 is 0 Å². The highest BCUT2D eigenvalue weighted by Crippen LogP contribution is 2.23. The molecule has 18 heavy (non-hydrogen) atoms. The van der Waals surface area contributed by atoms with Crippen molar-refractivity contribution in [3.8, 4) is 6.07 Å².